The molecule has 0 spiro atoms. The lowest BCUT2D eigenvalue weighted by Crippen LogP contribution is -2.21. The minimum absolute atomic E-state index is 0.235. The molecule has 0 radical (unpaired) electrons. The van der Waals surface area contributed by atoms with E-state index in [1.807, 2.05) is 0 Å². The van der Waals surface area contributed by atoms with Gasteiger partial charge in [-0.05, 0) is 35.4 Å². The van der Waals surface area contributed by atoms with Gasteiger partial charge in [0.05, 0.1) is 6.61 Å². The van der Waals surface area contributed by atoms with Gasteiger partial charge in [0.25, 0.3) is 0 Å². The van der Waals surface area contributed by atoms with Crippen LogP contribution in [0.3, 0.4) is 0 Å². The van der Waals surface area contributed by atoms with Crippen molar-refractivity contribution < 1.29 is 24.4 Å². The van der Waals surface area contributed by atoms with Gasteiger partial charge in [0.15, 0.2) is 0 Å². The normalized spacial score (nSPS) is 13.7. The molecule has 2 aromatic carbocycles. The van der Waals surface area contributed by atoms with Crippen molar-refractivity contribution in [2.75, 3.05) is 6.61 Å². The lowest BCUT2D eigenvalue weighted by molar-refractivity contribution is -0.0152. The highest BCUT2D eigenvalue weighted by molar-refractivity contribution is 5.29. The molecule has 0 aliphatic rings. The number of rotatable bonds is 6. The van der Waals surface area contributed by atoms with Gasteiger partial charge in [-0.3, -0.25) is 0 Å². The minimum Gasteiger partial charge on any atom is -0.489 e. The standard InChI is InChI=1S/C16H17FO4/c17-13-3-1-2-11(8-13)10-21-14-6-4-12(5-7-14)16(20)15(19)9-18/h1-8,15-16,18-20H,9-10H2. The Morgan fingerprint density at radius 2 is 1.76 bits per heavy atom. The summed E-state index contributed by atoms with van der Waals surface area (Å²) in [4.78, 5) is 0. The summed E-state index contributed by atoms with van der Waals surface area (Å²) in [5.41, 5.74) is 1.20. The van der Waals surface area contributed by atoms with Crippen LogP contribution in [-0.4, -0.2) is 28.0 Å². The number of aliphatic hydroxyl groups is 3. The molecule has 21 heavy (non-hydrogen) atoms. The van der Waals surface area contributed by atoms with Crippen LogP contribution in [0.15, 0.2) is 48.5 Å². The molecule has 2 atom stereocenters. The molecule has 2 unspecified atom stereocenters. The van der Waals surface area contributed by atoms with Crippen LogP contribution in [0.4, 0.5) is 4.39 Å². The zero-order chi connectivity index (χ0) is 15.2. The number of benzene rings is 2. The Morgan fingerprint density at radius 3 is 2.38 bits per heavy atom. The minimum atomic E-state index is -1.22. The van der Waals surface area contributed by atoms with Crippen molar-refractivity contribution in [2.24, 2.45) is 0 Å². The van der Waals surface area contributed by atoms with E-state index in [9.17, 15) is 14.6 Å². The average molecular weight is 292 g/mol. The number of hydrogen-bond acceptors (Lipinski definition) is 4. The SMILES string of the molecule is OCC(O)C(O)c1ccc(OCc2cccc(F)c2)cc1. The van der Waals surface area contributed by atoms with Crippen LogP contribution in [0.1, 0.15) is 17.2 Å². The maximum atomic E-state index is 13.0. The molecule has 0 heterocycles. The lowest BCUT2D eigenvalue weighted by Gasteiger charge is -2.16. The summed E-state index contributed by atoms with van der Waals surface area (Å²) in [6, 6.07) is 12.6. The quantitative estimate of drug-likeness (QED) is 0.759. The van der Waals surface area contributed by atoms with Crippen molar-refractivity contribution in [1.82, 2.24) is 0 Å². The summed E-state index contributed by atoms with van der Waals surface area (Å²) in [6.07, 6.45) is -2.36. The summed E-state index contributed by atoms with van der Waals surface area (Å²) < 4.78 is 18.5. The highest BCUT2D eigenvalue weighted by atomic mass is 19.1. The third-order valence-corrected chi connectivity index (χ3v) is 3.07. The topological polar surface area (TPSA) is 69.9 Å². The van der Waals surface area contributed by atoms with Crippen LogP contribution in [0, 0.1) is 5.82 Å². The van der Waals surface area contributed by atoms with Gasteiger partial charge in [0.1, 0.15) is 30.4 Å². The van der Waals surface area contributed by atoms with Crippen molar-refractivity contribution in [2.45, 2.75) is 18.8 Å². The Labute approximate surface area is 122 Å². The number of hydrogen-bond donors (Lipinski definition) is 3. The van der Waals surface area contributed by atoms with E-state index in [1.165, 1.54) is 12.1 Å². The van der Waals surface area contributed by atoms with E-state index in [1.54, 1.807) is 36.4 Å². The Hall–Kier alpha value is -1.95. The molecule has 0 amide bonds. The molecule has 0 saturated heterocycles. The molecule has 0 aliphatic heterocycles. The first-order valence-corrected chi connectivity index (χ1v) is 6.54. The molecule has 0 aromatic heterocycles. The van der Waals surface area contributed by atoms with Gasteiger partial charge < -0.3 is 20.1 Å². The maximum Gasteiger partial charge on any atom is 0.123 e. The van der Waals surface area contributed by atoms with Gasteiger partial charge in [-0.1, -0.05) is 24.3 Å². The summed E-state index contributed by atoms with van der Waals surface area (Å²) >= 11 is 0. The van der Waals surface area contributed by atoms with Crippen LogP contribution in [0.2, 0.25) is 0 Å². The van der Waals surface area contributed by atoms with Gasteiger partial charge in [0.2, 0.25) is 0 Å². The van der Waals surface area contributed by atoms with Crippen LogP contribution in [0.25, 0.3) is 0 Å². The van der Waals surface area contributed by atoms with E-state index >= 15 is 0 Å². The van der Waals surface area contributed by atoms with Gasteiger partial charge >= 0.3 is 0 Å². The van der Waals surface area contributed by atoms with Gasteiger partial charge in [-0.2, -0.15) is 0 Å². The molecular formula is C16H17FO4. The summed E-state index contributed by atoms with van der Waals surface area (Å²) in [6.45, 7) is -0.280. The third kappa shape index (κ3) is 4.26. The summed E-state index contributed by atoms with van der Waals surface area (Å²) in [7, 11) is 0. The van der Waals surface area contributed by atoms with Crippen molar-refractivity contribution >= 4 is 0 Å². The molecule has 0 saturated carbocycles. The zero-order valence-corrected chi connectivity index (χ0v) is 11.3. The number of halogens is 1. The van der Waals surface area contributed by atoms with E-state index in [0.717, 1.165) is 5.56 Å². The van der Waals surface area contributed by atoms with E-state index < -0.39 is 18.8 Å². The van der Waals surface area contributed by atoms with Crippen molar-refractivity contribution in [3.05, 3.63) is 65.5 Å². The molecule has 2 rings (SSSR count). The predicted octanol–water partition coefficient (Wildman–Crippen LogP) is 1.79. The fourth-order valence-corrected chi connectivity index (χ4v) is 1.88. The van der Waals surface area contributed by atoms with E-state index in [4.69, 9.17) is 9.84 Å². The van der Waals surface area contributed by atoms with Gasteiger partial charge in [-0.25, -0.2) is 4.39 Å². The second-order valence-electron chi connectivity index (χ2n) is 4.68. The second kappa shape index (κ2) is 7.17. The fourth-order valence-electron chi connectivity index (χ4n) is 1.88. The first-order chi connectivity index (χ1) is 10.1. The summed E-state index contributed by atoms with van der Waals surface area (Å²) in [5, 5.41) is 27.9. The van der Waals surface area contributed by atoms with Crippen LogP contribution < -0.4 is 4.74 Å². The first-order valence-electron chi connectivity index (χ1n) is 6.54. The summed E-state index contributed by atoms with van der Waals surface area (Å²) in [5.74, 6) is 0.251. The molecule has 3 N–H and O–H groups in total. The maximum absolute atomic E-state index is 13.0. The Balaban J connectivity index is 1.96. The number of ether oxygens (including phenoxy) is 1. The average Bonchev–Trinajstić information content (AvgIpc) is 2.52. The van der Waals surface area contributed by atoms with Gasteiger partial charge in [0, 0.05) is 0 Å². The third-order valence-electron chi connectivity index (χ3n) is 3.07. The molecule has 4 nitrogen and oxygen atoms in total. The lowest BCUT2D eigenvalue weighted by atomic mass is 10.1. The van der Waals surface area contributed by atoms with Crippen LogP contribution in [-0.2, 0) is 6.61 Å². The first kappa shape index (κ1) is 15.4. The Kier molecular flexibility index (Phi) is 5.27. The van der Waals surface area contributed by atoms with E-state index in [2.05, 4.69) is 0 Å². The smallest absolute Gasteiger partial charge is 0.123 e. The largest absolute Gasteiger partial charge is 0.489 e. The van der Waals surface area contributed by atoms with E-state index in [0.29, 0.717) is 11.3 Å². The molecule has 0 aliphatic carbocycles. The zero-order valence-electron chi connectivity index (χ0n) is 11.3. The molecule has 5 heteroatoms. The van der Waals surface area contributed by atoms with Crippen LogP contribution >= 0.6 is 0 Å². The highest BCUT2D eigenvalue weighted by Crippen LogP contribution is 2.21. The van der Waals surface area contributed by atoms with Crippen molar-refractivity contribution in [3.8, 4) is 5.75 Å². The highest BCUT2D eigenvalue weighted by Gasteiger charge is 2.17. The van der Waals surface area contributed by atoms with Gasteiger partial charge in [-0.15, -0.1) is 0 Å². The monoisotopic (exact) mass is 292 g/mol. The van der Waals surface area contributed by atoms with Crippen LogP contribution in [0.5, 0.6) is 5.75 Å². The van der Waals surface area contributed by atoms with Crippen molar-refractivity contribution in [3.63, 3.8) is 0 Å². The Morgan fingerprint density at radius 1 is 1.05 bits per heavy atom. The number of aliphatic hydroxyl groups excluding tert-OH is 3. The second-order valence-corrected chi connectivity index (χ2v) is 4.68. The Bertz CT molecular complexity index is 571. The predicted molar refractivity (Wildman–Crippen MR) is 75.2 cm³/mol. The molecular weight excluding hydrogens is 275 g/mol. The van der Waals surface area contributed by atoms with E-state index in [-0.39, 0.29) is 12.4 Å². The fraction of sp³-hybridized carbons (Fsp3) is 0.250. The molecule has 2 aromatic rings. The molecule has 0 bridgehead atoms. The van der Waals surface area contributed by atoms with Crippen molar-refractivity contribution in [1.29, 1.82) is 0 Å². The molecule has 0 fully saturated rings. The molecule has 112 valence electrons.